The van der Waals surface area contributed by atoms with Crippen LogP contribution in [-0.4, -0.2) is 40.8 Å². The van der Waals surface area contributed by atoms with Gasteiger partial charge >= 0.3 is 0 Å². The third-order valence-corrected chi connectivity index (χ3v) is 5.25. The quantitative estimate of drug-likeness (QED) is 0.453. The number of thioether (sulfide) groups is 1. The van der Waals surface area contributed by atoms with Gasteiger partial charge in [-0.25, -0.2) is 4.68 Å². The summed E-state index contributed by atoms with van der Waals surface area (Å²) < 4.78 is 12.0. The van der Waals surface area contributed by atoms with Crippen LogP contribution in [0.15, 0.2) is 41.6 Å². The van der Waals surface area contributed by atoms with Crippen LogP contribution in [0.4, 0.5) is 5.69 Å². The summed E-state index contributed by atoms with van der Waals surface area (Å²) in [6.07, 6.45) is 0. The van der Waals surface area contributed by atoms with Crippen molar-refractivity contribution in [1.82, 2.24) is 14.9 Å². The van der Waals surface area contributed by atoms with E-state index in [2.05, 4.69) is 15.5 Å². The number of benzene rings is 2. The molecule has 0 aliphatic carbocycles. The number of nitrogens with two attached hydrogens (primary N) is 1. The fraction of sp³-hybridized carbons (Fsp3) is 0.250. The maximum atomic E-state index is 12.3. The molecule has 3 aromatic rings. The van der Waals surface area contributed by atoms with Crippen LogP contribution in [0, 0.1) is 13.8 Å². The minimum atomic E-state index is -0.145. The normalized spacial score (nSPS) is 10.6. The monoisotopic (exact) mass is 413 g/mol. The highest BCUT2D eigenvalue weighted by Gasteiger charge is 2.18. The minimum absolute atomic E-state index is 0.145. The lowest BCUT2D eigenvalue weighted by atomic mass is 10.1. The number of nitrogens with zero attached hydrogens (tertiary/aromatic N) is 3. The van der Waals surface area contributed by atoms with Crippen molar-refractivity contribution >= 4 is 23.4 Å². The molecule has 0 fully saturated rings. The second-order valence-corrected chi connectivity index (χ2v) is 7.34. The predicted molar refractivity (Wildman–Crippen MR) is 114 cm³/mol. The van der Waals surface area contributed by atoms with Crippen molar-refractivity contribution < 1.29 is 14.3 Å². The number of hydrogen-bond acceptors (Lipinski definition) is 7. The van der Waals surface area contributed by atoms with Crippen molar-refractivity contribution in [1.29, 1.82) is 0 Å². The van der Waals surface area contributed by atoms with E-state index in [9.17, 15) is 4.79 Å². The first-order chi connectivity index (χ1) is 13.9. The van der Waals surface area contributed by atoms with Gasteiger partial charge in [0.2, 0.25) is 11.1 Å². The number of carbonyl (C=O) groups is 1. The Kier molecular flexibility index (Phi) is 6.28. The lowest BCUT2D eigenvalue weighted by Gasteiger charge is -2.10. The van der Waals surface area contributed by atoms with Crippen LogP contribution < -0.4 is 20.6 Å². The largest absolute Gasteiger partial charge is 0.497 e. The summed E-state index contributed by atoms with van der Waals surface area (Å²) in [4.78, 5) is 12.3. The van der Waals surface area contributed by atoms with Gasteiger partial charge in [-0.2, -0.15) is 0 Å². The topological polar surface area (TPSA) is 104 Å². The standard InChI is InChI=1S/C20H23N5O3S/c1-12-5-8-16(13(2)9-12)22-18(26)11-29-20-24-23-19(25(20)21)15-7-6-14(27-3)10-17(15)28-4/h5-10H,11,21H2,1-4H3,(H,22,26). The Morgan fingerprint density at radius 3 is 2.62 bits per heavy atom. The van der Waals surface area contributed by atoms with E-state index in [0.29, 0.717) is 28.0 Å². The van der Waals surface area contributed by atoms with Gasteiger partial charge in [0, 0.05) is 11.8 Å². The Morgan fingerprint density at radius 1 is 1.14 bits per heavy atom. The SMILES string of the molecule is COc1ccc(-c2nnc(SCC(=O)Nc3ccc(C)cc3C)n2N)c(OC)c1. The average Bonchev–Trinajstić information content (AvgIpc) is 3.08. The molecule has 0 unspecified atom stereocenters. The van der Waals surface area contributed by atoms with Gasteiger partial charge in [0.15, 0.2) is 5.82 Å². The summed E-state index contributed by atoms with van der Waals surface area (Å²) >= 11 is 1.21. The van der Waals surface area contributed by atoms with Crippen LogP contribution in [0.1, 0.15) is 11.1 Å². The zero-order valence-electron chi connectivity index (χ0n) is 16.7. The minimum Gasteiger partial charge on any atom is -0.497 e. The zero-order chi connectivity index (χ0) is 21.0. The molecule has 0 aliphatic heterocycles. The predicted octanol–water partition coefficient (Wildman–Crippen LogP) is 3.02. The van der Waals surface area contributed by atoms with E-state index in [1.807, 2.05) is 32.0 Å². The molecule has 0 bridgehead atoms. The molecule has 1 aromatic heterocycles. The van der Waals surface area contributed by atoms with Crippen molar-refractivity contribution in [2.75, 3.05) is 31.1 Å². The first kappa shape index (κ1) is 20.5. The van der Waals surface area contributed by atoms with E-state index in [-0.39, 0.29) is 11.7 Å². The smallest absolute Gasteiger partial charge is 0.234 e. The lowest BCUT2D eigenvalue weighted by Crippen LogP contribution is -2.17. The Bertz CT molecular complexity index is 1030. The zero-order valence-corrected chi connectivity index (χ0v) is 17.5. The molecule has 0 atom stereocenters. The molecule has 8 nitrogen and oxygen atoms in total. The molecule has 3 rings (SSSR count). The Balaban J connectivity index is 1.71. The van der Waals surface area contributed by atoms with Crippen molar-refractivity contribution in [3.05, 3.63) is 47.5 Å². The van der Waals surface area contributed by atoms with Crippen LogP contribution in [0.25, 0.3) is 11.4 Å². The molecule has 0 saturated heterocycles. The third kappa shape index (κ3) is 4.62. The summed E-state index contributed by atoms with van der Waals surface area (Å²) in [6.45, 7) is 3.97. The molecule has 152 valence electrons. The number of aromatic nitrogens is 3. The summed E-state index contributed by atoms with van der Waals surface area (Å²) in [5.41, 5.74) is 3.63. The van der Waals surface area contributed by atoms with Crippen LogP contribution in [0.3, 0.4) is 0 Å². The second-order valence-electron chi connectivity index (χ2n) is 6.40. The van der Waals surface area contributed by atoms with Crippen LogP contribution in [-0.2, 0) is 4.79 Å². The Hall–Kier alpha value is -3.20. The van der Waals surface area contributed by atoms with E-state index in [4.69, 9.17) is 15.3 Å². The molecular formula is C20H23N5O3S. The molecule has 3 N–H and O–H groups in total. The number of aryl methyl sites for hydroxylation is 2. The molecule has 0 spiro atoms. The van der Waals surface area contributed by atoms with E-state index in [1.165, 1.54) is 16.4 Å². The van der Waals surface area contributed by atoms with Crippen molar-refractivity contribution in [3.63, 3.8) is 0 Å². The fourth-order valence-corrected chi connectivity index (χ4v) is 3.47. The fourth-order valence-electron chi connectivity index (χ4n) is 2.81. The number of ether oxygens (including phenoxy) is 2. The van der Waals surface area contributed by atoms with E-state index in [1.54, 1.807) is 32.4 Å². The number of nitrogens with one attached hydrogen (secondary N) is 1. The summed E-state index contributed by atoms with van der Waals surface area (Å²) in [5, 5.41) is 11.6. The average molecular weight is 414 g/mol. The maximum Gasteiger partial charge on any atom is 0.234 e. The van der Waals surface area contributed by atoms with Crippen LogP contribution in [0.5, 0.6) is 11.5 Å². The summed E-state index contributed by atoms with van der Waals surface area (Å²) in [6, 6.07) is 11.2. The van der Waals surface area contributed by atoms with Gasteiger partial charge in [0.1, 0.15) is 11.5 Å². The molecule has 0 saturated carbocycles. The molecule has 1 amide bonds. The highest BCUT2D eigenvalue weighted by molar-refractivity contribution is 7.99. The highest BCUT2D eigenvalue weighted by Crippen LogP contribution is 2.33. The molecule has 9 heteroatoms. The van der Waals surface area contributed by atoms with E-state index in [0.717, 1.165) is 16.8 Å². The highest BCUT2D eigenvalue weighted by atomic mass is 32.2. The molecule has 29 heavy (non-hydrogen) atoms. The van der Waals surface area contributed by atoms with Gasteiger partial charge in [-0.1, -0.05) is 29.5 Å². The number of carbonyl (C=O) groups excluding carboxylic acids is 1. The van der Waals surface area contributed by atoms with Crippen molar-refractivity contribution in [2.24, 2.45) is 0 Å². The number of anilines is 1. The maximum absolute atomic E-state index is 12.3. The number of hydrogen-bond donors (Lipinski definition) is 2. The van der Waals surface area contributed by atoms with Gasteiger partial charge in [-0.05, 0) is 37.6 Å². The van der Waals surface area contributed by atoms with E-state index >= 15 is 0 Å². The molecule has 0 aliphatic rings. The lowest BCUT2D eigenvalue weighted by molar-refractivity contribution is -0.113. The van der Waals surface area contributed by atoms with Gasteiger partial charge in [-0.3, -0.25) is 4.79 Å². The molecular weight excluding hydrogens is 390 g/mol. The van der Waals surface area contributed by atoms with Crippen molar-refractivity contribution in [2.45, 2.75) is 19.0 Å². The summed E-state index contributed by atoms with van der Waals surface area (Å²) in [5.74, 6) is 7.83. The van der Waals surface area contributed by atoms with Crippen molar-refractivity contribution in [3.8, 4) is 22.9 Å². The first-order valence-corrected chi connectivity index (χ1v) is 9.84. The number of nitrogen functional groups attached to an aromatic ring is 1. The molecule has 2 aromatic carbocycles. The van der Waals surface area contributed by atoms with Gasteiger partial charge in [0.05, 0.1) is 25.5 Å². The Morgan fingerprint density at radius 2 is 1.93 bits per heavy atom. The number of amides is 1. The first-order valence-electron chi connectivity index (χ1n) is 8.85. The van der Waals surface area contributed by atoms with Crippen LogP contribution >= 0.6 is 11.8 Å². The Labute approximate surface area is 173 Å². The van der Waals surface area contributed by atoms with E-state index < -0.39 is 0 Å². The van der Waals surface area contributed by atoms with Gasteiger partial charge in [0.25, 0.3) is 0 Å². The third-order valence-electron chi connectivity index (χ3n) is 4.30. The number of rotatable bonds is 7. The second kappa shape index (κ2) is 8.87. The van der Waals surface area contributed by atoms with Crippen LogP contribution in [0.2, 0.25) is 0 Å². The van der Waals surface area contributed by atoms with Gasteiger partial charge in [-0.15, -0.1) is 10.2 Å². The number of methoxy groups -OCH3 is 2. The van der Waals surface area contributed by atoms with Gasteiger partial charge < -0.3 is 20.6 Å². The molecule has 0 radical (unpaired) electrons. The summed E-state index contributed by atoms with van der Waals surface area (Å²) in [7, 11) is 3.14. The molecule has 1 heterocycles.